The van der Waals surface area contributed by atoms with Gasteiger partial charge in [0.1, 0.15) is 29.3 Å². The molecule has 0 saturated heterocycles. The third kappa shape index (κ3) is 1.78. The lowest BCUT2D eigenvalue weighted by atomic mass is 10.1. The molecule has 2 aromatic rings. The zero-order chi connectivity index (χ0) is 12.5. The first-order chi connectivity index (χ1) is 8.79. The summed E-state index contributed by atoms with van der Waals surface area (Å²) in [7, 11) is 0. The van der Waals surface area contributed by atoms with Crippen LogP contribution in [0.3, 0.4) is 0 Å². The summed E-state index contributed by atoms with van der Waals surface area (Å²) >= 11 is 0. The fourth-order valence-corrected chi connectivity index (χ4v) is 2.29. The van der Waals surface area contributed by atoms with Crippen LogP contribution in [0.2, 0.25) is 0 Å². The van der Waals surface area contributed by atoms with E-state index in [4.69, 9.17) is 10.5 Å². The Morgan fingerprint density at radius 2 is 2.28 bits per heavy atom. The number of nitrogens with zero attached hydrogens (tertiary/aromatic N) is 2. The van der Waals surface area contributed by atoms with Crippen LogP contribution in [0.15, 0.2) is 0 Å². The number of aromatic amines is 1. The highest BCUT2D eigenvalue weighted by molar-refractivity contribution is 5.95. The molecule has 4 N–H and O–H groups in total. The summed E-state index contributed by atoms with van der Waals surface area (Å²) in [6.45, 7) is 4.06. The quantitative estimate of drug-likeness (QED) is 0.763. The monoisotopic (exact) mass is 247 g/mol. The van der Waals surface area contributed by atoms with Crippen molar-refractivity contribution in [1.29, 1.82) is 0 Å². The van der Waals surface area contributed by atoms with Crippen LogP contribution in [0, 0.1) is 0 Å². The molecule has 18 heavy (non-hydrogen) atoms. The van der Waals surface area contributed by atoms with Crippen LogP contribution in [0.5, 0.6) is 0 Å². The molecule has 96 valence electrons. The number of anilines is 2. The number of nitrogens with two attached hydrogens (primary N) is 1. The van der Waals surface area contributed by atoms with Crippen molar-refractivity contribution in [3.8, 4) is 0 Å². The SMILES string of the molecule is CCOCc1nc2c3c(nc(N)c2[nH]1)CCCN3. The number of hydrogen-bond acceptors (Lipinski definition) is 5. The van der Waals surface area contributed by atoms with E-state index in [1.54, 1.807) is 0 Å². The topological polar surface area (TPSA) is 88.8 Å². The van der Waals surface area contributed by atoms with E-state index in [0.717, 1.165) is 47.6 Å². The molecule has 3 heterocycles. The van der Waals surface area contributed by atoms with Crippen LogP contribution in [-0.2, 0) is 17.8 Å². The number of H-pyrrole nitrogens is 1. The number of nitrogens with one attached hydrogen (secondary N) is 2. The van der Waals surface area contributed by atoms with Crippen LogP contribution >= 0.6 is 0 Å². The highest BCUT2D eigenvalue weighted by atomic mass is 16.5. The fraction of sp³-hybridized carbons (Fsp3) is 0.500. The molecular formula is C12H17N5O. The van der Waals surface area contributed by atoms with Gasteiger partial charge >= 0.3 is 0 Å². The molecule has 0 radical (unpaired) electrons. The molecule has 0 saturated carbocycles. The molecule has 1 aliphatic heterocycles. The lowest BCUT2D eigenvalue weighted by Gasteiger charge is -2.17. The Morgan fingerprint density at radius 1 is 1.39 bits per heavy atom. The van der Waals surface area contributed by atoms with E-state index in [9.17, 15) is 0 Å². The Labute approximate surface area is 105 Å². The summed E-state index contributed by atoms with van der Waals surface area (Å²) in [5.41, 5.74) is 9.69. The number of aromatic nitrogens is 3. The van der Waals surface area contributed by atoms with Crippen LogP contribution in [0.1, 0.15) is 24.9 Å². The van der Waals surface area contributed by atoms with Crippen molar-refractivity contribution in [2.24, 2.45) is 0 Å². The molecule has 6 nitrogen and oxygen atoms in total. The van der Waals surface area contributed by atoms with Crippen molar-refractivity contribution in [3.05, 3.63) is 11.5 Å². The van der Waals surface area contributed by atoms with Gasteiger partial charge in [-0.05, 0) is 19.8 Å². The highest BCUT2D eigenvalue weighted by Gasteiger charge is 2.18. The van der Waals surface area contributed by atoms with Crippen molar-refractivity contribution in [1.82, 2.24) is 15.0 Å². The van der Waals surface area contributed by atoms with Crippen molar-refractivity contribution in [3.63, 3.8) is 0 Å². The molecule has 0 aromatic carbocycles. The highest BCUT2D eigenvalue weighted by Crippen LogP contribution is 2.31. The average molecular weight is 247 g/mol. The largest absolute Gasteiger partial charge is 0.382 e. The Bertz CT molecular complexity index is 577. The first kappa shape index (κ1) is 11.3. The van der Waals surface area contributed by atoms with Gasteiger partial charge in [0, 0.05) is 13.2 Å². The standard InChI is InChI=1S/C12H17N5O/c1-2-18-6-8-16-10-9-7(4-3-5-14-9)15-12(13)11(10)17-8/h14H,2-6H2,1H3,(H2,13,15)(H,16,17). The third-order valence-electron chi connectivity index (χ3n) is 3.12. The number of hydrogen-bond donors (Lipinski definition) is 3. The lowest BCUT2D eigenvalue weighted by Crippen LogP contribution is -2.14. The van der Waals surface area contributed by atoms with Crippen molar-refractivity contribution in [2.75, 3.05) is 24.2 Å². The fourth-order valence-electron chi connectivity index (χ4n) is 2.29. The molecule has 0 unspecified atom stereocenters. The van der Waals surface area contributed by atoms with E-state index in [1.807, 2.05) is 6.92 Å². The molecule has 2 aromatic heterocycles. The normalized spacial score (nSPS) is 14.5. The molecule has 0 atom stereocenters. The zero-order valence-corrected chi connectivity index (χ0v) is 10.4. The van der Waals surface area contributed by atoms with Crippen LogP contribution in [0.25, 0.3) is 11.0 Å². The maximum atomic E-state index is 5.97. The number of ether oxygens (including phenoxy) is 1. The zero-order valence-electron chi connectivity index (χ0n) is 10.4. The summed E-state index contributed by atoms with van der Waals surface area (Å²) in [4.78, 5) is 12.2. The van der Waals surface area contributed by atoms with E-state index in [-0.39, 0.29) is 0 Å². The number of pyridine rings is 1. The van der Waals surface area contributed by atoms with Gasteiger partial charge in [0.05, 0.1) is 11.4 Å². The van der Waals surface area contributed by atoms with Crippen molar-refractivity contribution in [2.45, 2.75) is 26.4 Å². The van der Waals surface area contributed by atoms with E-state index in [1.165, 1.54) is 0 Å². The Kier molecular flexibility index (Phi) is 2.79. The minimum atomic E-state index is 0.472. The molecule has 0 fully saturated rings. The van der Waals surface area contributed by atoms with Gasteiger partial charge in [-0.3, -0.25) is 0 Å². The second-order valence-electron chi connectivity index (χ2n) is 4.39. The number of nitrogen functional groups attached to an aromatic ring is 1. The van der Waals surface area contributed by atoms with E-state index < -0.39 is 0 Å². The van der Waals surface area contributed by atoms with E-state index in [2.05, 4.69) is 20.3 Å². The van der Waals surface area contributed by atoms with E-state index in [0.29, 0.717) is 19.0 Å². The summed E-state index contributed by atoms with van der Waals surface area (Å²) in [6, 6.07) is 0. The minimum Gasteiger partial charge on any atom is -0.382 e. The molecular weight excluding hydrogens is 230 g/mol. The summed E-state index contributed by atoms with van der Waals surface area (Å²) < 4.78 is 5.36. The first-order valence-corrected chi connectivity index (χ1v) is 6.28. The van der Waals surface area contributed by atoms with Gasteiger partial charge in [0.2, 0.25) is 0 Å². The Hall–Kier alpha value is -1.82. The summed E-state index contributed by atoms with van der Waals surface area (Å²) in [6.07, 6.45) is 2.04. The van der Waals surface area contributed by atoms with Gasteiger partial charge in [-0.1, -0.05) is 0 Å². The maximum Gasteiger partial charge on any atom is 0.149 e. The second-order valence-corrected chi connectivity index (χ2v) is 4.39. The van der Waals surface area contributed by atoms with Gasteiger partial charge < -0.3 is 20.8 Å². The molecule has 0 amide bonds. The number of aryl methyl sites for hydroxylation is 1. The molecule has 6 heteroatoms. The Balaban J connectivity index is 2.10. The third-order valence-corrected chi connectivity index (χ3v) is 3.12. The minimum absolute atomic E-state index is 0.472. The van der Waals surface area contributed by atoms with Crippen LogP contribution in [-0.4, -0.2) is 28.1 Å². The van der Waals surface area contributed by atoms with Crippen molar-refractivity contribution < 1.29 is 4.74 Å². The van der Waals surface area contributed by atoms with Gasteiger partial charge in [-0.15, -0.1) is 0 Å². The average Bonchev–Trinajstić information content (AvgIpc) is 2.81. The van der Waals surface area contributed by atoms with Gasteiger partial charge in [-0.25, -0.2) is 9.97 Å². The van der Waals surface area contributed by atoms with Gasteiger partial charge in [0.15, 0.2) is 0 Å². The number of rotatable bonds is 3. The number of fused-ring (bicyclic) bond motifs is 3. The molecule has 3 rings (SSSR count). The molecule has 0 bridgehead atoms. The van der Waals surface area contributed by atoms with Gasteiger partial charge in [0.25, 0.3) is 0 Å². The Morgan fingerprint density at radius 3 is 3.11 bits per heavy atom. The maximum absolute atomic E-state index is 5.97. The van der Waals surface area contributed by atoms with Gasteiger partial charge in [-0.2, -0.15) is 0 Å². The summed E-state index contributed by atoms with van der Waals surface area (Å²) in [5, 5.41) is 3.36. The molecule has 0 aliphatic carbocycles. The lowest BCUT2D eigenvalue weighted by molar-refractivity contribution is 0.129. The first-order valence-electron chi connectivity index (χ1n) is 6.28. The van der Waals surface area contributed by atoms with Crippen LogP contribution < -0.4 is 11.1 Å². The second kappa shape index (κ2) is 4.45. The number of imidazole rings is 1. The molecule has 0 spiro atoms. The predicted octanol–water partition coefficient (Wildman–Crippen LogP) is 1.43. The summed E-state index contributed by atoms with van der Waals surface area (Å²) in [5.74, 6) is 1.31. The van der Waals surface area contributed by atoms with E-state index >= 15 is 0 Å². The predicted molar refractivity (Wildman–Crippen MR) is 70.4 cm³/mol. The smallest absolute Gasteiger partial charge is 0.149 e. The molecule has 1 aliphatic rings. The van der Waals surface area contributed by atoms with Crippen LogP contribution in [0.4, 0.5) is 11.5 Å². The van der Waals surface area contributed by atoms with Crippen molar-refractivity contribution >= 4 is 22.5 Å².